The topological polar surface area (TPSA) is 151 Å². The maximum Gasteiger partial charge on any atom is 0.409 e. The van der Waals surface area contributed by atoms with E-state index in [2.05, 4.69) is 5.32 Å². The van der Waals surface area contributed by atoms with Crippen molar-refractivity contribution in [3.05, 3.63) is 48.3 Å². The third-order valence-corrected chi connectivity index (χ3v) is 6.80. The number of hydrogen-bond acceptors (Lipinski definition) is 6. The summed E-state index contributed by atoms with van der Waals surface area (Å²) in [6, 6.07) is 8.36. The Balaban J connectivity index is 2.13. The Labute approximate surface area is 177 Å². The van der Waals surface area contributed by atoms with Crippen molar-refractivity contribution in [3.8, 4) is 5.75 Å². The predicted molar refractivity (Wildman–Crippen MR) is 110 cm³/mol. The monoisotopic (exact) mass is 452 g/mol. The van der Waals surface area contributed by atoms with Crippen molar-refractivity contribution in [3.63, 3.8) is 0 Å². The van der Waals surface area contributed by atoms with Crippen molar-refractivity contribution in [1.29, 1.82) is 0 Å². The van der Waals surface area contributed by atoms with Gasteiger partial charge in [0.1, 0.15) is 17.7 Å². The summed E-state index contributed by atoms with van der Waals surface area (Å²) in [5, 5.41) is 11.1. The van der Waals surface area contributed by atoms with Crippen LogP contribution in [0.5, 0.6) is 5.75 Å². The number of ether oxygens (including phenoxy) is 1. The van der Waals surface area contributed by atoms with Crippen LogP contribution in [0.4, 0.5) is 20.6 Å². The number of nitrogens with one attached hydrogen (secondary N) is 2. The Morgan fingerprint density at radius 3 is 2.45 bits per heavy atom. The summed E-state index contributed by atoms with van der Waals surface area (Å²) in [4.78, 5) is 23.1. The molecule has 0 bridgehead atoms. The number of nitrogens with two attached hydrogens (primary N) is 1. The van der Waals surface area contributed by atoms with Crippen LogP contribution in [-0.4, -0.2) is 38.2 Å². The summed E-state index contributed by atoms with van der Waals surface area (Å²) in [5.41, 5.74) is 1.01. The molecule has 0 radical (unpaired) electrons. The molecule has 2 aromatic carbocycles. The van der Waals surface area contributed by atoms with Crippen LogP contribution >= 0.6 is 0 Å². The van der Waals surface area contributed by atoms with Gasteiger partial charge in [-0.15, -0.1) is 0 Å². The Kier molecular flexibility index (Phi) is 5.79. The first-order valence-corrected chi connectivity index (χ1v) is 10.5. The summed E-state index contributed by atoms with van der Waals surface area (Å²) >= 11 is 0. The second kappa shape index (κ2) is 8.04. The lowest BCUT2D eigenvalue weighted by atomic mass is 9.84. The number of benzene rings is 2. The van der Waals surface area contributed by atoms with Gasteiger partial charge in [-0.3, -0.25) is 19.8 Å². The second-order valence-corrected chi connectivity index (χ2v) is 9.27. The number of amides is 2. The smallest absolute Gasteiger partial charge is 0.409 e. The fraction of sp³-hybridized carbons (Fsp3) is 0.263. The van der Waals surface area contributed by atoms with Crippen LogP contribution in [0.15, 0.2) is 47.4 Å². The van der Waals surface area contributed by atoms with Crippen LogP contribution in [0, 0.1) is 11.2 Å². The lowest BCUT2D eigenvalue weighted by molar-refractivity contribution is -0.134. The van der Waals surface area contributed by atoms with E-state index in [-0.39, 0.29) is 28.6 Å². The van der Waals surface area contributed by atoms with Gasteiger partial charge in [0.2, 0.25) is 5.91 Å². The first kappa shape index (κ1) is 22.3. The average Bonchev–Trinajstić information content (AvgIpc) is 2.72. The second-order valence-electron chi connectivity index (χ2n) is 7.40. The molecule has 31 heavy (non-hydrogen) atoms. The van der Waals surface area contributed by atoms with Gasteiger partial charge in [0.15, 0.2) is 0 Å². The molecule has 1 aliphatic heterocycles. The lowest BCUT2D eigenvalue weighted by Crippen LogP contribution is -2.56. The van der Waals surface area contributed by atoms with E-state index in [1.54, 1.807) is 13.8 Å². The van der Waals surface area contributed by atoms with E-state index in [4.69, 9.17) is 15.7 Å². The van der Waals surface area contributed by atoms with E-state index in [1.165, 1.54) is 18.2 Å². The van der Waals surface area contributed by atoms with Gasteiger partial charge < -0.3 is 9.84 Å². The number of nitrogens with zero attached hydrogens (tertiary/aromatic N) is 1. The maximum absolute atomic E-state index is 13.4. The third-order valence-electron chi connectivity index (χ3n) is 5.00. The van der Waals surface area contributed by atoms with Crippen molar-refractivity contribution < 1.29 is 32.2 Å². The minimum absolute atomic E-state index is 0.0655. The van der Waals surface area contributed by atoms with E-state index in [0.717, 1.165) is 28.6 Å². The number of halogens is 1. The molecular weight excluding hydrogens is 431 g/mol. The van der Waals surface area contributed by atoms with Crippen molar-refractivity contribution >= 4 is 33.4 Å². The fourth-order valence-electron chi connectivity index (χ4n) is 3.12. The van der Waals surface area contributed by atoms with Gasteiger partial charge in [0.05, 0.1) is 22.5 Å². The van der Waals surface area contributed by atoms with E-state index in [0.29, 0.717) is 0 Å². The first-order chi connectivity index (χ1) is 14.5. The average molecular weight is 452 g/mol. The Morgan fingerprint density at radius 2 is 1.87 bits per heavy atom. The SMILES string of the molecule is CC(C)(C(=O)NN)C1CN(S(=O)(=O)c2ccc(F)cc2)c2cc(NC(=O)O)ccc2O1. The molecule has 1 atom stereocenters. The number of anilines is 2. The molecule has 0 spiro atoms. The summed E-state index contributed by atoms with van der Waals surface area (Å²) in [5.74, 6) is 4.22. The number of sulfonamides is 1. The zero-order valence-electron chi connectivity index (χ0n) is 16.6. The summed E-state index contributed by atoms with van der Waals surface area (Å²) in [6.07, 6.45) is -2.26. The van der Waals surface area contributed by atoms with Crippen LogP contribution in [0.1, 0.15) is 13.8 Å². The van der Waals surface area contributed by atoms with Crippen molar-refractivity contribution in [1.82, 2.24) is 5.43 Å². The number of hydrazine groups is 1. The largest absolute Gasteiger partial charge is 0.485 e. The van der Waals surface area contributed by atoms with Crippen molar-refractivity contribution in [2.45, 2.75) is 24.8 Å². The van der Waals surface area contributed by atoms with Crippen LogP contribution in [-0.2, 0) is 14.8 Å². The number of hydrogen-bond donors (Lipinski definition) is 4. The highest BCUT2D eigenvalue weighted by atomic mass is 32.2. The quantitative estimate of drug-likeness (QED) is 0.307. The molecule has 5 N–H and O–H groups in total. The number of carbonyl (C=O) groups is 2. The molecular formula is C19H21FN4O6S. The number of rotatable bonds is 5. The molecule has 0 saturated heterocycles. The standard InChI is InChI=1S/C19H21FN4O6S/c1-19(2,17(25)23-21)16-10-24(31(28,29)13-6-3-11(20)4-7-13)14-9-12(22-18(26)27)5-8-15(14)30-16/h3-9,16,22H,10,21H2,1-2H3,(H,23,25)(H,26,27). The van der Waals surface area contributed by atoms with E-state index in [9.17, 15) is 22.4 Å². The third kappa shape index (κ3) is 4.25. The maximum atomic E-state index is 13.4. The molecule has 1 heterocycles. The highest BCUT2D eigenvalue weighted by Gasteiger charge is 2.45. The normalized spacial score (nSPS) is 16.1. The van der Waals surface area contributed by atoms with Crippen LogP contribution in [0.25, 0.3) is 0 Å². The Morgan fingerprint density at radius 1 is 1.23 bits per heavy atom. The van der Waals surface area contributed by atoms with E-state index >= 15 is 0 Å². The van der Waals surface area contributed by atoms with Gasteiger partial charge in [-0.05, 0) is 56.3 Å². The highest BCUT2D eigenvalue weighted by Crippen LogP contribution is 2.42. The van der Waals surface area contributed by atoms with Gasteiger partial charge >= 0.3 is 6.09 Å². The fourth-order valence-corrected chi connectivity index (χ4v) is 4.59. The van der Waals surface area contributed by atoms with E-state index < -0.39 is 39.4 Å². The minimum atomic E-state index is -4.21. The molecule has 0 aliphatic carbocycles. The van der Waals surface area contributed by atoms with Gasteiger partial charge in [-0.1, -0.05) is 0 Å². The molecule has 0 aromatic heterocycles. The van der Waals surface area contributed by atoms with Gasteiger partial charge in [0, 0.05) is 5.69 Å². The molecule has 12 heteroatoms. The first-order valence-electron chi connectivity index (χ1n) is 9.07. The van der Waals surface area contributed by atoms with Crippen LogP contribution in [0.2, 0.25) is 0 Å². The molecule has 3 rings (SSSR count). The molecule has 0 fully saturated rings. The molecule has 166 valence electrons. The minimum Gasteiger partial charge on any atom is -0.485 e. The number of carbonyl (C=O) groups excluding carboxylic acids is 1. The number of carboxylic acid groups (broad SMARTS) is 1. The van der Waals surface area contributed by atoms with Gasteiger partial charge in [-0.25, -0.2) is 23.4 Å². The molecule has 0 saturated carbocycles. The zero-order valence-corrected chi connectivity index (χ0v) is 17.4. The number of fused-ring (bicyclic) bond motifs is 1. The molecule has 2 aromatic rings. The summed E-state index contributed by atoms with van der Waals surface area (Å²) < 4.78 is 47.0. The van der Waals surface area contributed by atoms with Crippen LogP contribution < -0.4 is 25.6 Å². The summed E-state index contributed by atoms with van der Waals surface area (Å²) in [7, 11) is -4.21. The predicted octanol–water partition coefficient (Wildman–Crippen LogP) is 1.89. The lowest BCUT2D eigenvalue weighted by Gasteiger charge is -2.41. The van der Waals surface area contributed by atoms with Crippen molar-refractivity contribution in [2.24, 2.45) is 11.3 Å². The Bertz CT molecular complexity index is 1120. The summed E-state index contributed by atoms with van der Waals surface area (Å²) in [6.45, 7) is 2.82. The highest BCUT2D eigenvalue weighted by molar-refractivity contribution is 7.92. The molecule has 2 amide bonds. The molecule has 10 nitrogen and oxygen atoms in total. The van der Waals surface area contributed by atoms with Gasteiger partial charge in [-0.2, -0.15) is 0 Å². The molecule has 1 unspecified atom stereocenters. The Hall–Kier alpha value is -3.38. The van der Waals surface area contributed by atoms with Crippen LogP contribution in [0.3, 0.4) is 0 Å². The van der Waals surface area contributed by atoms with Crippen molar-refractivity contribution in [2.75, 3.05) is 16.2 Å². The molecule has 1 aliphatic rings. The van der Waals surface area contributed by atoms with Gasteiger partial charge in [0.25, 0.3) is 10.0 Å². The van der Waals surface area contributed by atoms with E-state index in [1.807, 2.05) is 5.43 Å². The zero-order chi connectivity index (χ0) is 23.0.